The molecule has 0 aliphatic heterocycles. The number of aliphatic hydroxyl groups is 1. The molecule has 1 fully saturated rings. The molecule has 5 heteroatoms. The molecule has 1 saturated carbocycles. The molecule has 1 aromatic carbocycles. The number of nitrogens with zero attached hydrogens (tertiary/aromatic N) is 1. The molecule has 0 bridgehead atoms. The Morgan fingerprint density at radius 2 is 2.05 bits per heavy atom. The van der Waals surface area contributed by atoms with Gasteiger partial charge < -0.3 is 5.11 Å². The number of hydrogen-bond donors (Lipinski definition) is 1. The van der Waals surface area contributed by atoms with Crippen LogP contribution in [-0.4, -0.2) is 37.0 Å². The Bertz CT molecular complexity index is 639. The summed E-state index contributed by atoms with van der Waals surface area (Å²) >= 11 is 0. The molecular weight excluding hydrogens is 286 g/mol. The van der Waals surface area contributed by atoms with E-state index in [1.807, 2.05) is 6.92 Å². The first-order valence-corrected chi connectivity index (χ1v) is 8.76. The van der Waals surface area contributed by atoms with E-state index in [2.05, 4.69) is 11.8 Å². The third kappa shape index (κ3) is 3.85. The topological polar surface area (TPSA) is 57.6 Å². The van der Waals surface area contributed by atoms with Crippen LogP contribution in [0.15, 0.2) is 29.2 Å². The molecule has 0 heterocycles. The van der Waals surface area contributed by atoms with Crippen molar-refractivity contribution in [3.8, 4) is 11.8 Å². The number of sulfonamides is 1. The van der Waals surface area contributed by atoms with Gasteiger partial charge in [0.2, 0.25) is 10.0 Å². The first kappa shape index (κ1) is 16.0. The Kier molecular flexibility index (Phi) is 5.40. The number of hydrogen-bond acceptors (Lipinski definition) is 3. The molecule has 1 aliphatic carbocycles. The quantitative estimate of drug-likeness (QED) is 0.818. The SMILES string of the molecule is CCCN(C1CC1)S(=O)(=O)c1ccccc1C#CCCO. The van der Waals surface area contributed by atoms with E-state index in [0.717, 1.165) is 19.3 Å². The largest absolute Gasteiger partial charge is 0.395 e. The molecule has 1 aromatic rings. The molecule has 0 aromatic heterocycles. The lowest BCUT2D eigenvalue weighted by Gasteiger charge is -2.21. The van der Waals surface area contributed by atoms with Crippen molar-refractivity contribution in [2.45, 2.75) is 43.5 Å². The molecule has 0 unspecified atom stereocenters. The average Bonchev–Trinajstić information content (AvgIpc) is 3.30. The predicted molar refractivity (Wildman–Crippen MR) is 82.2 cm³/mol. The van der Waals surface area contributed by atoms with Crippen molar-refractivity contribution in [1.82, 2.24) is 4.31 Å². The van der Waals surface area contributed by atoms with E-state index in [1.165, 1.54) is 0 Å². The Labute approximate surface area is 126 Å². The van der Waals surface area contributed by atoms with E-state index in [1.54, 1.807) is 28.6 Å². The molecule has 21 heavy (non-hydrogen) atoms. The Morgan fingerprint density at radius 3 is 2.67 bits per heavy atom. The zero-order chi connectivity index (χ0) is 15.3. The van der Waals surface area contributed by atoms with Crippen LogP contribution in [0.3, 0.4) is 0 Å². The maximum absolute atomic E-state index is 12.9. The summed E-state index contributed by atoms with van der Waals surface area (Å²) in [6.07, 6.45) is 3.03. The zero-order valence-corrected chi connectivity index (χ0v) is 13.1. The van der Waals surface area contributed by atoms with Gasteiger partial charge in [-0.1, -0.05) is 30.9 Å². The third-order valence-corrected chi connectivity index (χ3v) is 5.34. The van der Waals surface area contributed by atoms with Crippen LogP contribution < -0.4 is 0 Å². The Morgan fingerprint density at radius 1 is 1.33 bits per heavy atom. The van der Waals surface area contributed by atoms with E-state index >= 15 is 0 Å². The second kappa shape index (κ2) is 7.08. The van der Waals surface area contributed by atoms with Crippen LogP contribution in [0.1, 0.15) is 38.2 Å². The van der Waals surface area contributed by atoms with Crippen LogP contribution in [0.4, 0.5) is 0 Å². The van der Waals surface area contributed by atoms with E-state index in [9.17, 15) is 8.42 Å². The van der Waals surface area contributed by atoms with Gasteiger partial charge in [0.15, 0.2) is 0 Å². The highest BCUT2D eigenvalue weighted by Gasteiger charge is 2.38. The van der Waals surface area contributed by atoms with Crippen molar-refractivity contribution in [1.29, 1.82) is 0 Å². The van der Waals surface area contributed by atoms with Gasteiger partial charge in [0.05, 0.1) is 11.5 Å². The van der Waals surface area contributed by atoms with Crippen LogP contribution in [0.25, 0.3) is 0 Å². The van der Waals surface area contributed by atoms with Crippen LogP contribution >= 0.6 is 0 Å². The van der Waals surface area contributed by atoms with Crippen molar-refractivity contribution in [3.63, 3.8) is 0 Å². The monoisotopic (exact) mass is 307 g/mol. The summed E-state index contributed by atoms with van der Waals surface area (Å²) in [6.45, 7) is 2.51. The fraction of sp³-hybridized carbons (Fsp3) is 0.500. The molecule has 0 atom stereocenters. The van der Waals surface area contributed by atoms with Crippen LogP contribution in [0.5, 0.6) is 0 Å². The maximum Gasteiger partial charge on any atom is 0.244 e. The lowest BCUT2D eigenvalue weighted by atomic mass is 10.2. The fourth-order valence-corrected chi connectivity index (χ4v) is 4.14. The minimum atomic E-state index is -3.50. The lowest BCUT2D eigenvalue weighted by Crippen LogP contribution is -2.34. The molecule has 4 nitrogen and oxygen atoms in total. The van der Waals surface area contributed by atoms with Gasteiger partial charge in [-0.25, -0.2) is 8.42 Å². The predicted octanol–water partition coefficient (Wildman–Crippen LogP) is 1.98. The zero-order valence-electron chi connectivity index (χ0n) is 12.2. The Balaban J connectivity index is 2.37. The number of rotatable bonds is 6. The van der Waals surface area contributed by atoms with Crippen LogP contribution in [0, 0.1) is 11.8 Å². The van der Waals surface area contributed by atoms with Crippen molar-refractivity contribution in [3.05, 3.63) is 29.8 Å². The van der Waals surface area contributed by atoms with Gasteiger partial charge in [0, 0.05) is 24.6 Å². The number of aliphatic hydroxyl groups excluding tert-OH is 1. The molecule has 0 amide bonds. The summed E-state index contributed by atoms with van der Waals surface area (Å²) in [5.74, 6) is 5.66. The maximum atomic E-state index is 12.9. The molecule has 0 spiro atoms. The molecule has 1 N–H and O–H groups in total. The van der Waals surface area contributed by atoms with Crippen molar-refractivity contribution in [2.24, 2.45) is 0 Å². The van der Waals surface area contributed by atoms with Crippen molar-refractivity contribution in [2.75, 3.05) is 13.2 Å². The van der Waals surface area contributed by atoms with Gasteiger partial charge in [0.1, 0.15) is 0 Å². The summed E-state index contributed by atoms with van der Waals surface area (Å²) in [5.41, 5.74) is 0.507. The molecule has 2 rings (SSSR count). The van der Waals surface area contributed by atoms with Crippen LogP contribution in [-0.2, 0) is 10.0 Å². The molecular formula is C16H21NO3S. The molecule has 1 aliphatic rings. The lowest BCUT2D eigenvalue weighted by molar-refractivity contribution is 0.305. The summed E-state index contributed by atoms with van der Waals surface area (Å²) in [7, 11) is -3.50. The van der Waals surface area contributed by atoms with E-state index in [0.29, 0.717) is 18.5 Å². The van der Waals surface area contributed by atoms with E-state index in [-0.39, 0.29) is 17.5 Å². The molecule has 0 radical (unpaired) electrons. The average molecular weight is 307 g/mol. The normalized spacial score (nSPS) is 14.8. The van der Waals surface area contributed by atoms with Gasteiger partial charge in [-0.05, 0) is 31.4 Å². The van der Waals surface area contributed by atoms with Gasteiger partial charge in [0.25, 0.3) is 0 Å². The smallest absolute Gasteiger partial charge is 0.244 e. The third-order valence-electron chi connectivity index (χ3n) is 3.33. The number of benzene rings is 1. The van der Waals surface area contributed by atoms with Gasteiger partial charge in [-0.2, -0.15) is 4.31 Å². The second-order valence-corrected chi connectivity index (χ2v) is 6.98. The Hall–Kier alpha value is -1.35. The fourth-order valence-electron chi connectivity index (χ4n) is 2.22. The van der Waals surface area contributed by atoms with Crippen molar-refractivity contribution < 1.29 is 13.5 Å². The van der Waals surface area contributed by atoms with Gasteiger partial charge in [-0.15, -0.1) is 0 Å². The van der Waals surface area contributed by atoms with Crippen LogP contribution in [0.2, 0.25) is 0 Å². The summed E-state index contributed by atoms with van der Waals surface area (Å²) in [5, 5.41) is 8.78. The summed E-state index contributed by atoms with van der Waals surface area (Å²) in [6, 6.07) is 6.98. The second-order valence-electron chi connectivity index (χ2n) is 5.12. The van der Waals surface area contributed by atoms with E-state index in [4.69, 9.17) is 5.11 Å². The first-order chi connectivity index (χ1) is 10.1. The van der Waals surface area contributed by atoms with Gasteiger partial charge >= 0.3 is 0 Å². The highest BCUT2D eigenvalue weighted by Crippen LogP contribution is 2.32. The molecule has 114 valence electrons. The summed E-state index contributed by atoms with van der Waals surface area (Å²) in [4.78, 5) is 0.274. The summed E-state index contributed by atoms with van der Waals surface area (Å²) < 4.78 is 27.3. The highest BCUT2D eigenvalue weighted by molar-refractivity contribution is 7.89. The first-order valence-electron chi connectivity index (χ1n) is 7.32. The minimum Gasteiger partial charge on any atom is -0.395 e. The van der Waals surface area contributed by atoms with E-state index < -0.39 is 10.0 Å². The minimum absolute atomic E-state index is 0.0219. The van der Waals surface area contributed by atoms with Crippen molar-refractivity contribution >= 4 is 10.0 Å². The van der Waals surface area contributed by atoms with Gasteiger partial charge in [-0.3, -0.25) is 0 Å². The highest BCUT2D eigenvalue weighted by atomic mass is 32.2. The molecule has 0 saturated heterocycles. The standard InChI is InChI=1S/C16H21NO3S/c1-2-12-17(15-10-11-15)21(19,20)16-9-4-3-7-14(16)8-5-6-13-18/h3-4,7,9,15,18H,2,6,10-13H2,1H3.